The van der Waals surface area contributed by atoms with E-state index in [1.807, 2.05) is 49.4 Å². The zero-order chi connectivity index (χ0) is 18.9. The smallest absolute Gasteiger partial charge is 0.407 e. The zero-order valence-corrected chi connectivity index (χ0v) is 15.3. The predicted molar refractivity (Wildman–Crippen MR) is 101 cm³/mol. The lowest BCUT2D eigenvalue weighted by atomic mass is 9.95. The van der Waals surface area contributed by atoms with Gasteiger partial charge in [0.1, 0.15) is 6.04 Å². The minimum Gasteiger partial charge on any atom is -0.480 e. The molecule has 0 aliphatic rings. The number of halogens is 1. The van der Waals surface area contributed by atoms with Gasteiger partial charge in [-0.15, -0.1) is 0 Å². The Bertz CT molecular complexity index is 749. The molecule has 5 nitrogen and oxygen atoms in total. The van der Waals surface area contributed by atoms with E-state index in [1.54, 1.807) is 6.07 Å². The molecule has 2 aromatic rings. The number of rotatable bonds is 8. The van der Waals surface area contributed by atoms with Crippen molar-refractivity contribution < 1.29 is 19.4 Å². The SMILES string of the molecule is CCCCOC(=O)NC(Cc1c(Cl)cccc1-c1ccccc1)C(=O)O. The molecule has 0 radical (unpaired) electrons. The van der Waals surface area contributed by atoms with Crippen LogP contribution in [0.5, 0.6) is 0 Å². The number of carboxylic acid groups (broad SMARTS) is 1. The van der Waals surface area contributed by atoms with Crippen LogP contribution in [-0.4, -0.2) is 29.8 Å². The zero-order valence-electron chi connectivity index (χ0n) is 14.6. The van der Waals surface area contributed by atoms with Crippen molar-refractivity contribution in [1.82, 2.24) is 5.32 Å². The van der Waals surface area contributed by atoms with Crippen molar-refractivity contribution in [1.29, 1.82) is 0 Å². The number of carbonyl (C=O) groups excluding carboxylic acids is 1. The van der Waals surface area contributed by atoms with Crippen molar-refractivity contribution in [2.24, 2.45) is 0 Å². The fourth-order valence-corrected chi connectivity index (χ4v) is 2.80. The highest BCUT2D eigenvalue weighted by Crippen LogP contribution is 2.30. The third kappa shape index (κ3) is 5.49. The van der Waals surface area contributed by atoms with Crippen molar-refractivity contribution in [3.05, 3.63) is 59.1 Å². The van der Waals surface area contributed by atoms with Gasteiger partial charge in [0.15, 0.2) is 0 Å². The lowest BCUT2D eigenvalue weighted by Crippen LogP contribution is -2.42. The summed E-state index contributed by atoms with van der Waals surface area (Å²) < 4.78 is 5.00. The minimum atomic E-state index is -1.14. The van der Waals surface area contributed by atoms with Crippen molar-refractivity contribution in [3.8, 4) is 11.1 Å². The number of hydrogen-bond acceptors (Lipinski definition) is 3. The maximum absolute atomic E-state index is 11.8. The number of benzene rings is 2. The molecule has 0 saturated carbocycles. The largest absolute Gasteiger partial charge is 0.480 e. The third-order valence-corrected chi connectivity index (χ3v) is 4.29. The number of carbonyl (C=O) groups is 2. The van der Waals surface area contributed by atoms with Gasteiger partial charge in [-0.2, -0.15) is 0 Å². The maximum Gasteiger partial charge on any atom is 0.407 e. The lowest BCUT2D eigenvalue weighted by molar-refractivity contribution is -0.139. The minimum absolute atomic E-state index is 0.0577. The fourth-order valence-electron chi connectivity index (χ4n) is 2.55. The van der Waals surface area contributed by atoms with Crippen LogP contribution in [0.2, 0.25) is 5.02 Å². The van der Waals surface area contributed by atoms with Crippen LogP contribution in [0.25, 0.3) is 11.1 Å². The van der Waals surface area contributed by atoms with Crippen LogP contribution >= 0.6 is 11.6 Å². The molecule has 6 heteroatoms. The monoisotopic (exact) mass is 375 g/mol. The van der Waals surface area contributed by atoms with E-state index in [2.05, 4.69) is 5.32 Å². The molecule has 2 N–H and O–H groups in total. The van der Waals surface area contributed by atoms with Gasteiger partial charge in [0.2, 0.25) is 0 Å². The highest BCUT2D eigenvalue weighted by molar-refractivity contribution is 6.31. The van der Waals surface area contributed by atoms with Gasteiger partial charge in [0.05, 0.1) is 6.61 Å². The number of hydrogen-bond donors (Lipinski definition) is 2. The second kappa shape index (κ2) is 9.82. The van der Waals surface area contributed by atoms with E-state index in [-0.39, 0.29) is 13.0 Å². The average Bonchev–Trinajstić information content (AvgIpc) is 2.63. The molecular weight excluding hydrogens is 354 g/mol. The van der Waals surface area contributed by atoms with Gasteiger partial charge >= 0.3 is 12.1 Å². The first-order chi connectivity index (χ1) is 12.5. The Hall–Kier alpha value is -2.53. The molecule has 0 aliphatic carbocycles. The lowest BCUT2D eigenvalue weighted by Gasteiger charge is -2.18. The number of aliphatic carboxylic acids is 1. The highest BCUT2D eigenvalue weighted by Gasteiger charge is 2.24. The average molecular weight is 376 g/mol. The van der Waals surface area contributed by atoms with E-state index < -0.39 is 18.1 Å². The summed E-state index contributed by atoms with van der Waals surface area (Å²) >= 11 is 6.33. The summed E-state index contributed by atoms with van der Waals surface area (Å²) in [7, 11) is 0. The Morgan fingerprint density at radius 2 is 1.88 bits per heavy atom. The summed E-state index contributed by atoms with van der Waals surface area (Å²) in [5.41, 5.74) is 2.44. The summed E-state index contributed by atoms with van der Waals surface area (Å²) in [6.07, 6.45) is 0.935. The van der Waals surface area contributed by atoms with Crippen LogP contribution in [0.15, 0.2) is 48.5 Å². The molecule has 138 valence electrons. The number of alkyl carbamates (subject to hydrolysis) is 1. The van der Waals surface area contributed by atoms with E-state index >= 15 is 0 Å². The molecule has 0 heterocycles. The maximum atomic E-state index is 11.8. The molecule has 0 aromatic heterocycles. The van der Waals surface area contributed by atoms with Gasteiger partial charge < -0.3 is 15.2 Å². The highest BCUT2D eigenvalue weighted by atomic mass is 35.5. The molecule has 2 aromatic carbocycles. The van der Waals surface area contributed by atoms with Gasteiger partial charge in [0.25, 0.3) is 0 Å². The Kier molecular flexibility index (Phi) is 7.48. The number of unbranched alkanes of at least 4 members (excludes halogenated alkanes) is 1. The molecule has 1 unspecified atom stereocenters. The first-order valence-electron chi connectivity index (χ1n) is 8.51. The summed E-state index contributed by atoms with van der Waals surface area (Å²) in [4.78, 5) is 23.4. The van der Waals surface area contributed by atoms with Crippen molar-refractivity contribution >= 4 is 23.7 Å². The second-order valence-corrected chi connectivity index (χ2v) is 6.27. The quantitative estimate of drug-likeness (QED) is 0.664. The number of amides is 1. The molecular formula is C20H22ClNO4. The summed E-state index contributed by atoms with van der Waals surface area (Å²) in [5, 5.41) is 12.4. The number of ether oxygens (including phenoxy) is 1. The van der Waals surface area contributed by atoms with Gasteiger partial charge in [-0.1, -0.05) is 67.4 Å². The van der Waals surface area contributed by atoms with Crippen LogP contribution in [-0.2, 0) is 16.0 Å². The second-order valence-electron chi connectivity index (χ2n) is 5.86. The topological polar surface area (TPSA) is 75.6 Å². The molecule has 0 saturated heterocycles. The van der Waals surface area contributed by atoms with E-state index in [0.717, 1.165) is 24.0 Å². The van der Waals surface area contributed by atoms with Gasteiger partial charge in [-0.25, -0.2) is 9.59 Å². The summed E-state index contributed by atoms with van der Waals surface area (Å²) in [6, 6.07) is 13.8. The number of carboxylic acids is 1. The van der Waals surface area contributed by atoms with E-state index in [4.69, 9.17) is 16.3 Å². The van der Waals surface area contributed by atoms with Crippen molar-refractivity contribution in [3.63, 3.8) is 0 Å². The number of nitrogens with one attached hydrogen (secondary N) is 1. The van der Waals surface area contributed by atoms with Gasteiger partial charge in [0, 0.05) is 11.4 Å². The predicted octanol–water partition coefficient (Wildman–Crippen LogP) is 4.53. The van der Waals surface area contributed by atoms with Gasteiger partial charge in [-0.3, -0.25) is 0 Å². The summed E-state index contributed by atoms with van der Waals surface area (Å²) in [6.45, 7) is 2.24. The third-order valence-electron chi connectivity index (χ3n) is 3.93. The van der Waals surface area contributed by atoms with Crippen LogP contribution in [0.4, 0.5) is 4.79 Å². The van der Waals surface area contributed by atoms with Gasteiger partial charge in [-0.05, 0) is 29.2 Å². The molecule has 1 atom stereocenters. The molecule has 0 spiro atoms. The molecule has 1 amide bonds. The first kappa shape index (κ1) is 19.8. The van der Waals surface area contributed by atoms with Crippen molar-refractivity contribution in [2.45, 2.75) is 32.2 Å². The Balaban J connectivity index is 2.21. The molecule has 2 rings (SSSR count). The fraction of sp³-hybridized carbons (Fsp3) is 0.300. The molecule has 26 heavy (non-hydrogen) atoms. The molecule has 0 bridgehead atoms. The normalized spacial score (nSPS) is 11.6. The standard InChI is InChI=1S/C20H22ClNO4/c1-2-3-12-26-20(25)22-18(19(23)24)13-16-15(10-7-11-17(16)21)14-8-5-4-6-9-14/h4-11,18H,2-3,12-13H2,1H3,(H,22,25)(H,23,24). The van der Waals surface area contributed by atoms with E-state index in [9.17, 15) is 14.7 Å². The molecule has 0 aliphatic heterocycles. The Labute approximate surface area is 157 Å². The Morgan fingerprint density at radius 3 is 2.54 bits per heavy atom. The first-order valence-corrected chi connectivity index (χ1v) is 8.89. The van der Waals surface area contributed by atoms with Crippen molar-refractivity contribution in [2.75, 3.05) is 6.61 Å². The van der Waals surface area contributed by atoms with Crippen LogP contribution < -0.4 is 5.32 Å². The van der Waals surface area contributed by atoms with Crippen LogP contribution in [0, 0.1) is 0 Å². The summed E-state index contributed by atoms with van der Waals surface area (Å²) in [5.74, 6) is -1.14. The molecule has 0 fully saturated rings. The van der Waals surface area contributed by atoms with E-state index in [0.29, 0.717) is 10.6 Å². The van der Waals surface area contributed by atoms with Crippen LogP contribution in [0.1, 0.15) is 25.3 Å². The van der Waals surface area contributed by atoms with Crippen LogP contribution in [0.3, 0.4) is 0 Å². The van der Waals surface area contributed by atoms with E-state index in [1.165, 1.54) is 0 Å². The Morgan fingerprint density at radius 1 is 1.15 bits per heavy atom.